The number of methoxy groups -OCH3 is 1. The minimum atomic E-state index is -3.29. The first kappa shape index (κ1) is 21.3. The molecule has 1 amide bonds. The quantitative estimate of drug-likeness (QED) is 0.669. The zero-order valence-corrected chi connectivity index (χ0v) is 17.7. The van der Waals surface area contributed by atoms with E-state index < -0.39 is 10.0 Å². The number of carbonyl (C=O) groups is 1. The summed E-state index contributed by atoms with van der Waals surface area (Å²) in [6.07, 6.45) is 1.34. The van der Waals surface area contributed by atoms with Crippen LogP contribution in [0.5, 0.6) is 5.75 Å². The van der Waals surface area contributed by atoms with Crippen molar-refractivity contribution in [1.82, 2.24) is 19.3 Å². The van der Waals surface area contributed by atoms with Gasteiger partial charge in [-0.1, -0.05) is 17.3 Å². The number of rotatable bonds is 7. The zero-order chi connectivity index (χ0) is 21.0. The molecule has 0 radical (unpaired) electrons. The van der Waals surface area contributed by atoms with Crippen molar-refractivity contribution in [2.24, 2.45) is 5.92 Å². The van der Waals surface area contributed by atoms with Crippen LogP contribution in [0.4, 0.5) is 0 Å². The Morgan fingerprint density at radius 3 is 2.93 bits per heavy atom. The van der Waals surface area contributed by atoms with Gasteiger partial charge in [-0.3, -0.25) is 4.79 Å². The molecule has 1 saturated heterocycles. The first-order chi connectivity index (χ1) is 13.8. The molecule has 1 aromatic carbocycles. The second-order valence-electron chi connectivity index (χ2n) is 7.04. The lowest BCUT2D eigenvalue weighted by Crippen LogP contribution is -2.46. The van der Waals surface area contributed by atoms with Crippen molar-refractivity contribution < 1.29 is 22.5 Å². The Kier molecular flexibility index (Phi) is 6.53. The second kappa shape index (κ2) is 8.91. The second-order valence-corrected chi connectivity index (χ2v) is 9.29. The van der Waals surface area contributed by atoms with E-state index in [1.165, 1.54) is 9.21 Å². The summed E-state index contributed by atoms with van der Waals surface area (Å²) in [7, 11) is -0.0533. The molecule has 0 spiro atoms. The number of hydrogen-bond acceptors (Lipinski definition) is 7. The summed E-state index contributed by atoms with van der Waals surface area (Å²) in [6, 6.07) is 7.30. The molecule has 1 aromatic heterocycles. The third kappa shape index (κ3) is 4.94. The van der Waals surface area contributed by atoms with Crippen molar-refractivity contribution in [1.29, 1.82) is 0 Å². The number of ether oxygens (including phenoxy) is 1. The fourth-order valence-corrected chi connectivity index (χ4v) is 4.55. The summed E-state index contributed by atoms with van der Waals surface area (Å²) in [5.74, 6) is 0.965. The van der Waals surface area contributed by atoms with Crippen LogP contribution in [0, 0.1) is 5.92 Å². The van der Waals surface area contributed by atoms with E-state index >= 15 is 0 Å². The minimum Gasteiger partial charge on any atom is -0.497 e. The Labute approximate surface area is 170 Å². The van der Waals surface area contributed by atoms with Gasteiger partial charge in [-0.2, -0.15) is 4.98 Å². The van der Waals surface area contributed by atoms with Crippen LogP contribution in [0.3, 0.4) is 0 Å². The fourth-order valence-electron chi connectivity index (χ4n) is 3.37. The third-order valence-electron chi connectivity index (χ3n) is 5.04. The molecule has 1 aliphatic heterocycles. The maximum absolute atomic E-state index is 12.8. The highest BCUT2D eigenvalue weighted by atomic mass is 32.2. The molecule has 0 N–H and O–H groups in total. The minimum absolute atomic E-state index is 0.0405. The number of piperidine rings is 1. The molecule has 2 aromatic rings. The van der Waals surface area contributed by atoms with Crippen molar-refractivity contribution in [2.45, 2.75) is 26.3 Å². The van der Waals surface area contributed by atoms with E-state index in [0.717, 1.165) is 5.56 Å². The van der Waals surface area contributed by atoms with Crippen LogP contribution >= 0.6 is 0 Å². The maximum Gasteiger partial charge on any atom is 0.246 e. The Morgan fingerprint density at radius 1 is 1.41 bits per heavy atom. The monoisotopic (exact) mass is 422 g/mol. The van der Waals surface area contributed by atoms with Gasteiger partial charge in [-0.25, -0.2) is 12.7 Å². The molecule has 158 valence electrons. The Hall–Kier alpha value is -2.46. The van der Waals surface area contributed by atoms with Gasteiger partial charge in [0.1, 0.15) is 5.75 Å². The van der Waals surface area contributed by atoms with E-state index in [1.807, 2.05) is 18.2 Å². The molecule has 10 heteroatoms. The van der Waals surface area contributed by atoms with Crippen LogP contribution in [0.2, 0.25) is 0 Å². The number of sulfonamides is 1. The molecule has 2 heterocycles. The van der Waals surface area contributed by atoms with Crippen LogP contribution in [-0.4, -0.2) is 66.7 Å². The topological polar surface area (TPSA) is 106 Å². The van der Waals surface area contributed by atoms with Gasteiger partial charge in [-0.05, 0) is 31.9 Å². The number of benzene rings is 1. The van der Waals surface area contributed by atoms with Crippen molar-refractivity contribution in [3.8, 4) is 17.1 Å². The summed E-state index contributed by atoms with van der Waals surface area (Å²) in [4.78, 5) is 18.7. The number of aromatic nitrogens is 2. The zero-order valence-electron chi connectivity index (χ0n) is 16.9. The predicted octanol–water partition coefficient (Wildman–Crippen LogP) is 1.77. The number of carbonyl (C=O) groups excluding carboxylic acids is 1. The summed E-state index contributed by atoms with van der Waals surface area (Å²) < 4.78 is 36.2. The van der Waals surface area contributed by atoms with Crippen LogP contribution in [-0.2, 0) is 21.4 Å². The molecule has 1 fully saturated rings. The molecule has 0 saturated carbocycles. The van der Waals surface area contributed by atoms with E-state index in [9.17, 15) is 13.2 Å². The highest BCUT2D eigenvalue weighted by molar-refractivity contribution is 7.89. The molecule has 9 nitrogen and oxygen atoms in total. The van der Waals surface area contributed by atoms with Crippen molar-refractivity contribution in [3.63, 3.8) is 0 Å². The number of hydrogen-bond donors (Lipinski definition) is 0. The van der Waals surface area contributed by atoms with Gasteiger partial charge in [0.15, 0.2) is 0 Å². The van der Waals surface area contributed by atoms with E-state index in [2.05, 4.69) is 10.1 Å². The smallest absolute Gasteiger partial charge is 0.246 e. The maximum atomic E-state index is 12.8. The highest BCUT2D eigenvalue weighted by Crippen LogP contribution is 2.23. The summed E-state index contributed by atoms with van der Waals surface area (Å²) in [5.41, 5.74) is 0.751. The lowest BCUT2D eigenvalue weighted by molar-refractivity contribution is -0.136. The van der Waals surface area contributed by atoms with Crippen molar-refractivity contribution >= 4 is 15.9 Å². The Balaban J connectivity index is 1.65. The van der Waals surface area contributed by atoms with Gasteiger partial charge in [-0.15, -0.1) is 0 Å². The first-order valence-electron chi connectivity index (χ1n) is 9.54. The fraction of sp³-hybridized carbons (Fsp3) is 0.526. The molecule has 3 rings (SSSR count). The lowest BCUT2D eigenvalue weighted by Gasteiger charge is -2.32. The summed E-state index contributed by atoms with van der Waals surface area (Å²) in [6.45, 7) is 2.46. The van der Waals surface area contributed by atoms with Crippen LogP contribution < -0.4 is 4.74 Å². The summed E-state index contributed by atoms with van der Waals surface area (Å²) >= 11 is 0. The van der Waals surface area contributed by atoms with Gasteiger partial charge in [0.25, 0.3) is 0 Å². The van der Waals surface area contributed by atoms with Gasteiger partial charge in [0.2, 0.25) is 27.6 Å². The van der Waals surface area contributed by atoms with Gasteiger partial charge in [0, 0.05) is 25.7 Å². The largest absolute Gasteiger partial charge is 0.497 e. The van der Waals surface area contributed by atoms with Crippen molar-refractivity contribution in [2.75, 3.05) is 33.0 Å². The van der Waals surface area contributed by atoms with Gasteiger partial charge in [0.05, 0.1) is 25.3 Å². The predicted molar refractivity (Wildman–Crippen MR) is 107 cm³/mol. The first-order valence-corrected chi connectivity index (χ1v) is 11.1. The van der Waals surface area contributed by atoms with Crippen LogP contribution in [0.1, 0.15) is 25.7 Å². The van der Waals surface area contributed by atoms with E-state index in [0.29, 0.717) is 36.9 Å². The van der Waals surface area contributed by atoms with Gasteiger partial charge < -0.3 is 14.2 Å². The molecule has 1 atom stereocenters. The highest BCUT2D eigenvalue weighted by Gasteiger charge is 2.33. The average Bonchev–Trinajstić information content (AvgIpc) is 3.21. The Morgan fingerprint density at radius 2 is 2.21 bits per heavy atom. The van der Waals surface area contributed by atoms with E-state index in [-0.39, 0.29) is 30.7 Å². The molecular weight excluding hydrogens is 396 g/mol. The average molecular weight is 423 g/mol. The SMILES string of the molecule is CCS(=O)(=O)N1CCC[C@H](C(=O)N(C)Cc2nc(-c3cccc(OC)c3)no2)C1. The Bertz CT molecular complexity index is 959. The molecule has 0 bridgehead atoms. The normalized spacial score (nSPS) is 17.8. The lowest BCUT2D eigenvalue weighted by atomic mass is 9.98. The molecule has 0 aliphatic carbocycles. The van der Waals surface area contributed by atoms with Crippen molar-refractivity contribution in [3.05, 3.63) is 30.2 Å². The van der Waals surface area contributed by atoms with Gasteiger partial charge >= 0.3 is 0 Å². The summed E-state index contributed by atoms with van der Waals surface area (Å²) in [5, 5.41) is 3.98. The van der Waals surface area contributed by atoms with E-state index in [1.54, 1.807) is 27.1 Å². The molecule has 1 aliphatic rings. The number of amides is 1. The van der Waals surface area contributed by atoms with E-state index in [4.69, 9.17) is 9.26 Å². The molecule has 29 heavy (non-hydrogen) atoms. The third-order valence-corrected chi connectivity index (χ3v) is 6.88. The van der Waals surface area contributed by atoms with Crippen LogP contribution in [0.25, 0.3) is 11.4 Å². The molecule has 0 unspecified atom stereocenters. The standard InChI is InChI=1S/C19H26N4O5S/c1-4-29(25,26)23-10-6-8-15(12-23)19(24)22(2)13-17-20-18(21-28-17)14-7-5-9-16(11-14)27-3/h5,7,9,11,15H,4,6,8,10,12-13H2,1-3H3/t15-/m0/s1. The van der Waals surface area contributed by atoms with Crippen LogP contribution in [0.15, 0.2) is 28.8 Å². The number of nitrogens with zero attached hydrogens (tertiary/aromatic N) is 4. The molecular formula is C19H26N4O5S.